The number of carbonyl (C=O) groups excluding carboxylic acids is 1. The van der Waals surface area contributed by atoms with Crippen molar-refractivity contribution in [2.45, 2.75) is 45.6 Å². The van der Waals surface area contributed by atoms with Crippen molar-refractivity contribution in [2.24, 2.45) is 17.8 Å². The van der Waals surface area contributed by atoms with Crippen LogP contribution in [0, 0.1) is 17.8 Å². The Hall–Kier alpha value is -1.30. The summed E-state index contributed by atoms with van der Waals surface area (Å²) in [6.45, 7) is 4.85. The lowest BCUT2D eigenvalue weighted by Crippen LogP contribution is -2.31. The summed E-state index contributed by atoms with van der Waals surface area (Å²) in [5.74, 6) is 2.65. The van der Waals surface area contributed by atoms with Gasteiger partial charge >= 0.3 is 0 Å². The van der Waals surface area contributed by atoms with Crippen LogP contribution in [-0.4, -0.2) is 23.5 Å². The quantitative estimate of drug-likeness (QED) is 0.781. The van der Waals surface area contributed by atoms with E-state index >= 15 is 0 Å². The molecule has 2 saturated carbocycles. The highest BCUT2D eigenvalue weighted by atomic mass is 32.1. The number of nitrogens with two attached hydrogens (primary N) is 1. The predicted molar refractivity (Wildman–Crippen MR) is 86.6 cm³/mol. The second-order valence-corrected chi connectivity index (χ2v) is 7.68. The van der Waals surface area contributed by atoms with Gasteiger partial charge in [-0.05, 0) is 50.9 Å². The average molecular weight is 308 g/mol. The molecule has 0 radical (unpaired) electrons. The lowest BCUT2D eigenvalue weighted by molar-refractivity contribution is 0.0946. The van der Waals surface area contributed by atoms with E-state index in [0.717, 1.165) is 18.4 Å². The number of aromatic nitrogens is 1. The van der Waals surface area contributed by atoms with Crippen molar-refractivity contribution in [1.29, 1.82) is 0 Å². The highest BCUT2D eigenvalue weighted by molar-refractivity contribution is 7.18. The zero-order chi connectivity index (χ0) is 15.0. The highest BCUT2D eigenvalue weighted by Gasteiger charge is 2.39. The van der Waals surface area contributed by atoms with E-state index in [1.54, 1.807) is 0 Å². The first-order valence-corrected chi connectivity index (χ1v) is 8.65. The van der Waals surface area contributed by atoms with Crippen LogP contribution in [-0.2, 0) is 0 Å². The summed E-state index contributed by atoms with van der Waals surface area (Å²) in [5, 5.41) is 6.96. The van der Waals surface area contributed by atoms with Crippen molar-refractivity contribution in [3.63, 3.8) is 0 Å². The summed E-state index contributed by atoms with van der Waals surface area (Å²) in [5.41, 5.74) is 5.86. The van der Waals surface area contributed by atoms with Gasteiger partial charge in [0, 0.05) is 12.6 Å². The zero-order valence-corrected chi connectivity index (χ0v) is 13.5. The van der Waals surface area contributed by atoms with E-state index in [4.69, 9.17) is 5.73 Å². The molecule has 0 aliphatic heterocycles. The standard InChI is InChI=1S/C15H24N4OS/c1-8(2)18-15-19-13(16)12(21-15)14(20)17-7-11-6-9-3-4-10(11)5-9/h8-11H,3-7,16H2,1-2H3,(H,17,20)(H,18,19). The van der Waals surface area contributed by atoms with Crippen molar-refractivity contribution in [1.82, 2.24) is 10.3 Å². The Balaban J connectivity index is 1.56. The Kier molecular flexibility index (Phi) is 4.06. The number of carbonyl (C=O) groups is 1. The van der Waals surface area contributed by atoms with Crippen LogP contribution in [0.3, 0.4) is 0 Å². The minimum absolute atomic E-state index is 0.0791. The second kappa shape index (κ2) is 5.83. The molecule has 1 aromatic heterocycles. The zero-order valence-electron chi connectivity index (χ0n) is 12.7. The van der Waals surface area contributed by atoms with E-state index in [1.807, 2.05) is 13.8 Å². The van der Waals surface area contributed by atoms with Gasteiger partial charge in [0.05, 0.1) is 0 Å². The first kappa shape index (κ1) is 14.6. The van der Waals surface area contributed by atoms with Crippen molar-refractivity contribution in [3.8, 4) is 0 Å². The van der Waals surface area contributed by atoms with Gasteiger partial charge < -0.3 is 16.4 Å². The van der Waals surface area contributed by atoms with Crippen molar-refractivity contribution in [3.05, 3.63) is 4.88 Å². The maximum Gasteiger partial charge on any atom is 0.265 e. The molecule has 2 bridgehead atoms. The summed E-state index contributed by atoms with van der Waals surface area (Å²) in [6.07, 6.45) is 5.38. The van der Waals surface area contributed by atoms with Crippen LogP contribution >= 0.6 is 11.3 Å². The molecular weight excluding hydrogens is 284 g/mol. The first-order chi connectivity index (χ1) is 10.0. The first-order valence-electron chi connectivity index (χ1n) is 7.84. The number of nitrogens with zero attached hydrogens (tertiary/aromatic N) is 1. The smallest absolute Gasteiger partial charge is 0.265 e. The molecule has 3 atom stereocenters. The summed E-state index contributed by atoms with van der Waals surface area (Å²) >= 11 is 1.33. The molecule has 3 unspecified atom stereocenters. The Bertz CT molecular complexity index is 528. The van der Waals surface area contributed by atoms with Gasteiger partial charge in [-0.25, -0.2) is 4.98 Å². The lowest BCUT2D eigenvalue weighted by atomic mass is 9.89. The van der Waals surface area contributed by atoms with Crippen LogP contribution in [0.15, 0.2) is 0 Å². The van der Waals surface area contributed by atoms with Gasteiger partial charge in [-0.3, -0.25) is 4.79 Å². The Morgan fingerprint density at radius 1 is 1.43 bits per heavy atom. The number of nitrogen functional groups attached to an aromatic ring is 1. The molecular formula is C15H24N4OS. The van der Waals surface area contributed by atoms with Gasteiger partial charge in [0.15, 0.2) is 5.13 Å². The van der Waals surface area contributed by atoms with Gasteiger partial charge in [-0.15, -0.1) is 0 Å². The number of rotatable bonds is 5. The summed E-state index contributed by atoms with van der Waals surface area (Å²) < 4.78 is 0. The predicted octanol–water partition coefficient (Wildman–Crippen LogP) is 2.71. The molecule has 1 heterocycles. The van der Waals surface area contributed by atoms with Gasteiger partial charge in [0.25, 0.3) is 5.91 Å². The molecule has 2 aliphatic carbocycles. The number of nitrogens with one attached hydrogen (secondary N) is 2. The Morgan fingerprint density at radius 2 is 2.24 bits per heavy atom. The van der Waals surface area contributed by atoms with Crippen LogP contribution in [0.1, 0.15) is 49.2 Å². The minimum Gasteiger partial charge on any atom is -0.382 e. The van der Waals surface area contributed by atoms with Crippen molar-refractivity contribution < 1.29 is 4.79 Å². The number of hydrogen-bond donors (Lipinski definition) is 3. The third kappa shape index (κ3) is 3.15. The van der Waals surface area contributed by atoms with Gasteiger partial charge in [-0.1, -0.05) is 17.8 Å². The second-order valence-electron chi connectivity index (χ2n) is 6.68. The molecule has 0 spiro atoms. The van der Waals surface area contributed by atoms with Crippen LogP contribution < -0.4 is 16.4 Å². The minimum atomic E-state index is -0.0791. The van der Waals surface area contributed by atoms with E-state index < -0.39 is 0 Å². The average Bonchev–Trinajstić information content (AvgIpc) is 3.10. The molecule has 6 heteroatoms. The van der Waals surface area contributed by atoms with Crippen LogP contribution in [0.4, 0.5) is 10.9 Å². The number of hydrogen-bond acceptors (Lipinski definition) is 5. The molecule has 4 N–H and O–H groups in total. The van der Waals surface area contributed by atoms with Gasteiger partial charge in [-0.2, -0.15) is 0 Å². The Morgan fingerprint density at radius 3 is 2.86 bits per heavy atom. The molecule has 116 valence electrons. The summed E-state index contributed by atoms with van der Waals surface area (Å²) in [6, 6.07) is 0.278. The van der Waals surface area contributed by atoms with E-state index in [1.165, 1.54) is 37.0 Å². The van der Waals surface area contributed by atoms with E-state index in [9.17, 15) is 4.79 Å². The lowest BCUT2D eigenvalue weighted by Gasteiger charge is -2.21. The van der Waals surface area contributed by atoms with E-state index in [0.29, 0.717) is 21.7 Å². The SMILES string of the molecule is CC(C)Nc1nc(N)c(C(=O)NCC2CC3CCC2C3)s1. The van der Waals surface area contributed by atoms with Gasteiger partial charge in [0.2, 0.25) is 0 Å². The molecule has 1 amide bonds. The fraction of sp³-hybridized carbons (Fsp3) is 0.733. The highest BCUT2D eigenvalue weighted by Crippen LogP contribution is 2.47. The largest absolute Gasteiger partial charge is 0.382 e. The van der Waals surface area contributed by atoms with Crippen LogP contribution in [0.5, 0.6) is 0 Å². The molecule has 2 aliphatic rings. The maximum absolute atomic E-state index is 12.3. The Labute approximate surface area is 129 Å². The molecule has 1 aromatic rings. The maximum atomic E-state index is 12.3. The fourth-order valence-electron chi connectivity index (χ4n) is 3.73. The van der Waals surface area contributed by atoms with Gasteiger partial charge in [0.1, 0.15) is 10.7 Å². The molecule has 5 nitrogen and oxygen atoms in total. The third-order valence-corrected chi connectivity index (χ3v) is 5.68. The monoisotopic (exact) mass is 308 g/mol. The van der Waals surface area contributed by atoms with Crippen molar-refractivity contribution in [2.75, 3.05) is 17.6 Å². The van der Waals surface area contributed by atoms with E-state index in [2.05, 4.69) is 15.6 Å². The van der Waals surface area contributed by atoms with Crippen molar-refractivity contribution >= 4 is 28.2 Å². The normalized spacial score (nSPS) is 27.3. The molecule has 21 heavy (non-hydrogen) atoms. The van der Waals surface area contributed by atoms with E-state index in [-0.39, 0.29) is 11.9 Å². The fourth-order valence-corrected chi connectivity index (χ4v) is 4.68. The number of anilines is 2. The summed E-state index contributed by atoms with van der Waals surface area (Å²) in [7, 11) is 0. The molecule has 0 aromatic carbocycles. The number of fused-ring (bicyclic) bond motifs is 2. The number of amides is 1. The molecule has 3 rings (SSSR count). The molecule has 2 fully saturated rings. The summed E-state index contributed by atoms with van der Waals surface area (Å²) in [4.78, 5) is 17.0. The van der Waals surface area contributed by atoms with Crippen LogP contribution in [0.25, 0.3) is 0 Å². The van der Waals surface area contributed by atoms with Crippen LogP contribution in [0.2, 0.25) is 0 Å². The topological polar surface area (TPSA) is 80.0 Å². The molecule has 0 saturated heterocycles. The number of thiazole rings is 1. The third-order valence-electron chi connectivity index (χ3n) is 4.68.